The van der Waals surface area contributed by atoms with Gasteiger partial charge in [-0.3, -0.25) is 0 Å². The van der Waals surface area contributed by atoms with E-state index >= 15 is 0 Å². The lowest BCUT2D eigenvalue weighted by Gasteiger charge is -2.09. The fraction of sp³-hybridized carbons (Fsp3) is 0.667. The van der Waals surface area contributed by atoms with Gasteiger partial charge in [0.2, 0.25) is 5.09 Å². The normalized spacial score (nSPS) is 18.2. The van der Waals surface area contributed by atoms with E-state index in [2.05, 4.69) is 12.2 Å². The van der Waals surface area contributed by atoms with E-state index in [1.54, 1.807) is 6.07 Å². The number of furan rings is 1. The molecule has 102 valence electrons. The number of rotatable bonds is 6. The Hall–Kier alpha value is -0.850. The van der Waals surface area contributed by atoms with E-state index in [4.69, 9.17) is 4.42 Å². The third kappa shape index (κ3) is 2.93. The summed E-state index contributed by atoms with van der Waals surface area (Å²) in [6.07, 6.45) is 2.52. The Labute approximate surface area is 108 Å². The molecule has 6 heteroatoms. The first kappa shape index (κ1) is 13.6. The van der Waals surface area contributed by atoms with Gasteiger partial charge in [-0.25, -0.2) is 12.7 Å². The van der Waals surface area contributed by atoms with Crippen LogP contribution in [0.1, 0.15) is 25.5 Å². The molecule has 0 spiro atoms. The molecule has 0 saturated heterocycles. The van der Waals surface area contributed by atoms with Crippen LogP contribution in [0.2, 0.25) is 0 Å². The highest BCUT2D eigenvalue weighted by Gasteiger charge is 2.36. The first-order chi connectivity index (χ1) is 8.33. The maximum Gasteiger partial charge on any atom is 0.275 e. The van der Waals surface area contributed by atoms with Gasteiger partial charge in [0, 0.05) is 20.6 Å². The molecular weight excluding hydrogens is 252 g/mol. The average molecular weight is 272 g/mol. The van der Waals surface area contributed by atoms with E-state index in [1.165, 1.54) is 33.0 Å². The van der Waals surface area contributed by atoms with E-state index in [0.29, 0.717) is 17.7 Å². The van der Waals surface area contributed by atoms with Crippen LogP contribution in [0.15, 0.2) is 21.6 Å². The minimum atomic E-state index is -3.46. The van der Waals surface area contributed by atoms with Gasteiger partial charge >= 0.3 is 0 Å². The predicted molar refractivity (Wildman–Crippen MR) is 68.6 cm³/mol. The van der Waals surface area contributed by atoms with Gasteiger partial charge in [0.15, 0.2) is 0 Å². The summed E-state index contributed by atoms with van der Waals surface area (Å²) in [5, 5.41) is 3.30. The Morgan fingerprint density at radius 2 is 2.06 bits per heavy atom. The zero-order valence-electron chi connectivity index (χ0n) is 11.1. The summed E-state index contributed by atoms with van der Waals surface area (Å²) in [4.78, 5) is 0. The molecule has 2 rings (SSSR count). The van der Waals surface area contributed by atoms with Crippen LogP contribution in [0.5, 0.6) is 0 Å². The van der Waals surface area contributed by atoms with Crippen LogP contribution in [0.3, 0.4) is 0 Å². The third-order valence-corrected chi connectivity index (χ3v) is 5.02. The summed E-state index contributed by atoms with van der Waals surface area (Å²) < 4.78 is 30.1. The lowest BCUT2D eigenvalue weighted by molar-refractivity contribution is 0.381. The zero-order chi connectivity index (χ0) is 13.4. The van der Waals surface area contributed by atoms with Crippen molar-refractivity contribution in [1.29, 1.82) is 0 Å². The van der Waals surface area contributed by atoms with E-state index in [1.807, 2.05) is 0 Å². The van der Waals surface area contributed by atoms with Crippen LogP contribution in [0.4, 0.5) is 0 Å². The minimum Gasteiger partial charge on any atom is -0.447 e. The largest absolute Gasteiger partial charge is 0.447 e. The van der Waals surface area contributed by atoms with E-state index in [-0.39, 0.29) is 5.09 Å². The Balaban J connectivity index is 1.94. The topological polar surface area (TPSA) is 62.6 Å². The van der Waals surface area contributed by atoms with Crippen LogP contribution in [-0.4, -0.2) is 33.4 Å². The fourth-order valence-corrected chi connectivity index (χ4v) is 2.46. The van der Waals surface area contributed by atoms with Crippen molar-refractivity contribution in [3.05, 3.63) is 17.9 Å². The summed E-state index contributed by atoms with van der Waals surface area (Å²) in [6.45, 7) is 3.76. The summed E-state index contributed by atoms with van der Waals surface area (Å²) in [5.41, 5.74) is 0.436. The smallest absolute Gasteiger partial charge is 0.275 e. The molecule has 0 atom stereocenters. The highest BCUT2D eigenvalue weighted by atomic mass is 32.2. The Bertz CT molecular complexity index is 515. The summed E-state index contributed by atoms with van der Waals surface area (Å²) in [5.74, 6) is 0.652. The van der Waals surface area contributed by atoms with Gasteiger partial charge in [-0.1, -0.05) is 6.92 Å². The first-order valence-corrected chi connectivity index (χ1v) is 7.49. The Morgan fingerprint density at radius 1 is 1.39 bits per heavy atom. The van der Waals surface area contributed by atoms with Gasteiger partial charge in [0.05, 0.1) is 6.54 Å². The molecule has 1 N–H and O–H groups in total. The van der Waals surface area contributed by atoms with Gasteiger partial charge in [0.1, 0.15) is 5.76 Å². The Kier molecular flexibility index (Phi) is 3.53. The lowest BCUT2D eigenvalue weighted by Crippen LogP contribution is -2.22. The van der Waals surface area contributed by atoms with Crippen LogP contribution in [-0.2, 0) is 16.6 Å². The molecule has 0 amide bonds. The maximum atomic E-state index is 11.8. The molecule has 1 fully saturated rings. The van der Waals surface area contributed by atoms with Crippen LogP contribution >= 0.6 is 0 Å². The van der Waals surface area contributed by atoms with Crippen molar-refractivity contribution in [2.24, 2.45) is 5.41 Å². The standard InChI is InChI=1S/C12H20N2O3S/c1-12(6-7-12)9-13-8-10-4-5-11(17-10)18(15,16)14(2)3/h4-5,13H,6-9H2,1-3H3. The maximum absolute atomic E-state index is 11.8. The molecule has 1 aliphatic rings. The van der Waals surface area contributed by atoms with Crippen molar-refractivity contribution in [3.63, 3.8) is 0 Å². The predicted octanol–water partition coefficient (Wildman–Crippen LogP) is 1.42. The van der Waals surface area contributed by atoms with Crippen LogP contribution in [0.25, 0.3) is 0 Å². The van der Waals surface area contributed by atoms with Gasteiger partial charge in [0.25, 0.3) is 10.0 Å². The second kappa shape index (κ2) is 4.68. The van der Waals surface area contributed by atoms with Crippen LogP contribution < -0.4 is 5.32 Å². The molecule has 0 aliphatic heterocycles. The van der Waals surface area contributed by atoms with Crippen molar-refractivity contribution in [2.75, 3.05) is 20.6 Å². The van der Waals surface area contributed by atoms with Gasteiger partial charge < -0.3 is 9.73 Å². The molecule has 5 nitrogen and oxygen atoms in total. The molecule has 1 heterocycles. The molecule has 1 aliphatic carbocycles. The second-order valence-electron chi connectivity index (χ2n) is 5.42. The zero-order valence-corrected chi connectivity index (χ0v) is 11.9. The summed E-state index contributed by atoms with van der Waals surface area (Å²) in [7, 11) is -0.479. The van der Waals surface area contributed by atoms with Crippen molar-refractivity contribution in [1.82, 2.24) is 9.62 Å². The number of hydrogen-bond donors (Lipinski definition) is 1. The van der Waals surface area contributed by atoms with Crippen molar-refractivity contribution >= 4 is 10.0 Å². The average Bonchev–Trinajstić information content (AvgIpc) is 2.83. The molecule has 0 bridgehead atoms. The molecule has 1 aromatic rings. The molecule has 0 unspecified atom stereocenters. The minimum absolute atomic E-state index is 0.00179. The Morgan fingerprint density at radius 3 is 2.61 bits per heavy atom. The van der Waals surface area contributed by atoms with Crippen molar-refractivity contribution in [2.45, 2.75) is 31.4 Å². The van der Waals surface area contributed by atoms with E-state index in [9.17, 15) is 8.42 Å². The van der Waals surface area contributed by atoms with E-state index < -0.39 is 10.0 Å². The SMILES string of the molecule is CN(C)S(=O)(=O)c1ccc(CNCC2(C)CC2)o1. The molecule has 0 radical (unpaired) electrons. The van der Waals surface area contributed by atoms with Crippen LogP contribution in [0, 0.1) is 5.41 Å². The lowest BCUT2D eigenvalue weighted by atomic mass is 10.1. The molecule has 1 saturated carbocycles. The summed E-state index contributed by atoms with van der Waals surface area (Å²) in [6, 6.07) is 3.21. The quantitative estimate of drug-likeness (QED) is 0.850. The number of nitrogens with one attached hydrogen (secondary N) is 1. The fourth-order valence-electron chi connectivity index (χ4n) is 1.65. The number of nitrogens with zero attached hydrogens (tertiary/aromatic N) is 1. The molecule has 1 aromatic heterocycles. The summed E-state index contributed by atoms with van der Waals surface area (Å²) >= 11 is 0. The molecular formula is C12H20N2O3S. The van der Waals surface area contributed by atoms with Gasteiger partial charge in [-0.2, -0.15) is 0 Å². The highest BCUT2D eigenvalue weighted by Crippen LogP contribution is 2.44. The van der Waals surface area contributed by atoms with Crippen molar-refractivity contribution < 1.29 is 12.8 Å². The number of sulfonamides is 1. The van der Waals surface area contributed by atoms with Crippen molar-refractivity contribution in [3.8, 4) is 0 Å². The second-order valence-corrected chi connectivity index (χ2v) is 7.51. The molecule has 18 heavy (non-hydrogen) atoms. The third-order valence-electron chi connectivity index (χ3n) is 3.33. The van der Waals surface area contributed by atoms with E-state index in [0.717, 1.165) is 10.8 Å². The van der Waals surface area contributed by atoms with Gasteiger partial charge in [-0.15, -0.1) is 0 Å². The first-order valence-electron chi connectivity index (χ1n) is 6.05. The van der Waals surface area contributed by atoms with Gasteiger partial charge in [-0.05, 0) is 30.4 Å². The highest BCUT2D eigenvalue weighted by molar-refractivity contribution is 7.88. The number of hydrogen-bond acceptors (Lipinski definition) is 4. The molecule has 0 aromatic carbocycles. The monoisotopic (exact) mass is 272 g/mol.